The van der Waals surface area contributed by atoms with Crippen LogP contribution in [-0.4, -0.2) is 70.5 Å². The van der Waals surface area contributed by atoms with Crippen LogP contribution < -0.4 is 10.6 Å². The highest BCUT2D eigenvalue weighted by Crippen LogP contribution is 2.15. The largest absolute Gasteiger partial charge is 0.401 e. The van der Waals surface area contributed by atoms with Crippen LogP contribution in [0.25, 0.3) is 0 Å². The number of hydrogen-bond donors (Lipinski definition) is 2. The molecule has 0 aromatic carbocycles. The lowest BCUT2D eigenvalue weighted by molar-refractivity contribution is -0.148. The lowest BCUT2D eigenvalue weighted by atomic mass is 10.4. The van der Waals surface area contributed by atoms with E-state index in [1.807, 2.05) is 0 Å². The normalized spacial score (nSPS) is 11.9. The highest BCUT2D eigenvalue weighted by Gasteiger charge is 2.31. The maximum Gasteiger partial charge on any atom is 0.401 e. The van der Waals surface area contributed by atoms with Crippen LogP contribution in [0, 0.1) is 0 Å². The first-order chi connectivity index (χ1) is 8.89. The van der Waals surface area contributed by atoms with Gasteiger partial charge in [-0.2, -0.15) is 13.2 Å². The summed E-state index contributed by atoms with van der Waals surface area (Å²) in [5.74, 6) is -0.406. The van der Waals surface area contributed by atoms with Crippen molar-refractivity contribution in [3.63, 3.8) is 0 Å². The predicted molar refractivity (Wildman–Crippen MR) is 65.9 cm³/mol. The fourth-order valence-corrected chi connectivity index (χ4v) is 1.44. The van der Waals surface area contributed by atoms with Crippen LogP contribution in [0.1, 0.15) is 6.42 Å². The monoisotopic (exact) mass is 285 g/mol. The third-order valence-electron chi connectivity index (χ3n) is 2.30. The van der Waals surface area contributed by atoms with Crippen molar-refractivity contribution in [2.45, 2.75) is 12.6 Å². The van der Waals surface area contributed by atoms with Gasteiger partial charge in [-0.25, -0.2) is 0 Å². The predicted octanol–water partition coefficient (Wildman–Crippen LogP) is 0.223. The van der Waals surface area contributed by atoms with Gasteiger partial charge in [-0.05, 0) is 13.5 Å². The van der Waals surface area contributed by atoms with E-state index in [1.165, 1.54) is 0 Å². The van der Waals surface area contributed by atoms with Gasteiger partial charge in [0.15, 0.2) is 0 Å². The summed E-state index contributed by atoms with van der Waals surface area (Å²) in [5, 5.41) is 5.32. The van der Waals surface area contributed by atoms with Crippen molar-refractivity contribution in [2.24, 2.45) is 0 Å². The van der Waals surface area contributed by atoms with E-state index in [1.54, 1.807) is 14.2 Å². The van der Waals surface area contributed by atoms with Crippen LogP contribution >= 0.6 is 0 Å². The second-order valence-electron chi connectivity index (χ2n) is 4.13. The zero-order valence-electron chi connectivity index (χ0n) is 11.3. The third kappa shape index (κ3) is 11.9. The second-order valence-corrected chi connectivity index (χ2v) is 4.13. The molecule has 0 aliphatic rings. The molecule has 0 aromatic heterocycles. The van der Waals surface area contributed by atoms with Crippen molar-refractivity contribution in [1.82, 2.24) is 15.5 Å². The van der Waals surface area contributed by atoms with Crippen LogP contribution in [-0.2, 0) is 9.53 Å². The molecule has 19 heavy (non-hydrogen) atoms. The molecule has 0 bridgehead atoms. The van der Waals surface area contributed by atoms with Gasteiger partial charge in [0.25, 0.3) is 0 Å². The SMILES string of the molecule is CNCCN(CC(=O)NCCCOC)CC(F)(F)F. The molecular weight excluding hydrogens is 263 g/mol. The average Bonchev–Trinajstić information content (AvgIpc) is 2.30. The third-order valence-corrected chi connectivity index (χ3v) is 2.30. The molecule has 0 rings (SSSR count). The van der Waals surface area contributed by atoms with E-state index >= 15 is 0 Å². The Morgan fingerprint density at radius 3 is 2.53 bits per heavy atom. The lowest BCUT2D eigenvalue weighted by Gasteiger charge is -2.22. The number of carbonyl (C=O) groups excluding carboxylic acids is 1. The van der Waals surface area contributed by atoms with Crippen LogP contribution in [0.4, 0.5) is 13.2 Å². The molecular formula is C11H22F3N3O2. The summed E-state index contributed by atoms with van der Waals surface area (Å²) in [5.41, 5.74) is 0. The van der Waals surface area contributed by atoms with Crippen LogP contribution in [0.15, 0.2) is 0 Å². The summed E-state index contributed by atoms with van der Waals surface area (Å²) in [6, 6.07) is 0. The average molecular weight is 285 g/mol. The van der Waals surface area contributed by atoms with E-state index in [9.17, 15) is 18.0 Å². The molecule has 5 nitrogen and oxygen atoms in total. The summed E-state index contributed by atoms with van der Waals surface area (Å²) in [7, 11) is 3.20. The first-order valence-electron chi connectivity index (χ1n) is 6.08. The van der Waals surface area contributed by atoms with E-state index in [4.69, 9.17) is 4.74 Å². The number of rotatable bonds is 10. The molecule has 2 N–H and O–H groups in total. The molecule has 0 aromatic rings. The van der Waals surface area contributed by atoms with E-state index < -0.39 is 18.6 Å². The molecule has 114 valence electrons. The minimum Gasteiger partial charge on any atom is -0.385 e. The van der Waals surface area contributed by atoms with Gasteiger partial charge < -0.3 is 15.4 Å². The quantitative estimate of drug-likeness (QED) is 0.564. The summed E-state index contributed by atoms with van der Waals surface area (Å²) in [6.45, 7) is 0.133. The minimum absolute atomic E-state index is 0.168. The zero-order valence-corrected chi connectivity index (χ0v) is 11.3. The van der Waals surface area contributed by atoms with Crippen molar-refractivity contribution < 1.29 is 22.7 Å². The Morgan fingerprint density at radius 2 is 2.00 bits per heavy atom. The molecule has 0 fully saturated rings. The molecule has 0 saturated heterocycles. The number of nitrogens with one attached hydrogen (secondary N) is 2. The van der Waals surface area contributed by atoms with Gasteiger partial charge in [0, 0.05) is 33.4 Å². The smallest absolute Gasteiger partial charge is 0.385 e. The van der Waals surface area contributed by atoms with Gasteiger partial charge in [-0.15, -0.1) is 0 Å². The second kappa shape index (κ2) is 9.99. The van der Waals surface area contributed by atoms with Gasteiger partial charge in [0.1, 0.15) is 0 Å². The molecule has 0 spiro atoms. The number of carbonyl (C=O) groups is 1. The highest BCUT2D eigenvalue weighted by atomic mass is 19.4. The number of hydrogen-bond acceptors (Lipinski definition) is 4. The van der Waals surface area contributed by atoms with Crippen molar-refractivity contribution in [3.05, 3.63) is 0 Å². The van der Waals surface area contributed by atoms with Gasteiger partial charge >= 0.3 is 6.18 Å². The van der Waals surface area contributed by atoms with Crippen LogP contribution in [0.3, 0.4) is 0 Å². The Kier molecular flexibility index (Phi) is 9.54. The lowest BCUT2D eigenvalue weighted by Crippen LogP contribution is -2.44. The first kappa shape index (κ1) is 18.1. The topological polar surface area (TPSA) is 53.6 Å². The van der Waals surface area contributed by atoms with E-state index in [-0.39, 0.29) is 13.1 Å². The molecule has 0 saturated carbocycles. The Balaban J connectivity index is 4.04. The Hall–Kier alpha value is -0.860. The van der Waals surface area contributed by atoms with Crippen molar-refractivity contribution in [2.75, 3.05) is 53.5 Å². The molecule has 0 aliphatic heterocycles. The Bertz CT molecular complexity index is 250. The summed E-state index contributed by atoms with van der Waals surface area (Å²) < 4.78 is 41.8. The number of methoxy groups -OCH3 is 1. The minimum atomic E-state index is -4.30. The van der Waals surface area contributed by atoms with Gasteiger partial charge in [-0.3, -0.25) is 9.69 Å². The van der Waals surface area contributed by atoms with Gasteiger partial charge in [0.2, 0.25) is 5.91 Å². The fourth-order valence-electron chi connectivity index (χ4n) is 1.44. The number of halogens is 3. The fraction of sp³-hybridized carbons (Fsp3) is 0.909. The summed E-state index contributed by atoms with van der Waals surface area (Å²) in [4.78, 5) is 12.6. The maximum atomic E-state index is 12.3. The van der Waals surface area contributed by atoms with Crippen LogP contribution in [0.2, 0.25) is 0 Å². The highest BCUT2D eigenvalue weighted by molar-refractivity contribution is 5.77. The Labute approximate surface area is 111 Å². The molecule has 0 atom stereocenters. The maximum absolute atomic E-state index is 12.3. The Morgan fingerprint density at radius 1 is 1.32 bits per heavy atom. The van der Waals surface area contributed by atoms with E-state index in [2.05, 4.69) is 10.6 Å². The molecule has 0 heterocycles. The number of likely N-dealkylation sites (N-methyl/N-ethyl adjacent to an activating group) is 1. The van der Waals surface area contributed by atoms with Crippen molar-refractivity contribution in [1.29, 1.82) is 0 Å². The van der Waals surface area contributed by atoms with Crippen molar-refractivity contribution >= 4 is 5.91 Å². The standard InChI is InChI=1S/C11H22F3N3O2/c1-15-5-6-17(9-11(12,13)14)8-10(18)16-4-3-7-19-2/h15H,3-9H2,1-2H3,(H,16,18). The van der Waals surface area contributed by atoms with E-state index in [0.29, 0.717) is 26.1 Å². The molecule has 0 aliphatic carbocycles. The number of amides is 1. The van der Waals surface area contributed by atoms with Crippen LogP contribution in [0.5, 0.6) is 0 Å². The van der Waals surface area contributed by atoms with E-state index in [0.717, 1.165) is 4.90 Å². The van der Waals surface area contributed by atoms with Gasteiger partial charge in [-0.1, -0.05) is 0 Å². The van der Waals surface area contributed by atoms with Crippen molar-refractivity contribution in [3.8, 4) is 0 Å². The molecule has 8 heteroatoms. The number of nitrogens with zero attached hydrogens (tertiary/aromatic N) is 1. The van der Waals surface area contributed by atoms with Gasteiger partial charge in [0.05, 0.1) is 13.1 Å². The molecule has 0 radical (unpaired) electrons. The molecule has 0 unspecified atom stereocenters. The summed E-state index contributed by atoms with van der Waals surface area (Å²) in [6.07, 6.45) is -3.66. The summed E-state index contributed by atoms with van der Waals surface area (Å²) >= 11 is 0. The number of ether oxygens (including phenoxy) is 1. The molecule has 1 amide bonds. The number of alkyl halides is 3. The first-order valence-corrected chi connectivity index (χ1v) is 6.08. The zero-order chi connectivity index (χ0) is 14.7.